The Morgan fingerprint density at radius 1 is 1.38 bits per heavy atom. The summed E-state index contributed by atoms with van der Waals surface area (Å²) in [5, 5.41) is 1.10. The topological polar surface area (TPSA) is 38.9 Å². The number of thioether (sulfide) groups is 1. The Hall–Kier alpha value is -1.00. The van der Waals surface area contributed by atoms with Gasteiger partial charge in [-0.3, -0.25) is 0 Å². The van der Waals surface area contributed by atoms with Gasteiger partial charge in [-0.15, -0.1) is 23.1 Å². The summed E-state index contributed by atoms with van der Waals surface area (Å²) in [5.74, 6) is 1.57. The summed E-state index contributed by atoms with van der Waals surface area (Å²) in [6, 6.07) is 8.50. The summed E-state index contributed by atoms with van der Waals surface area (Å²) in [6.07, 6.45) is 0. The molecule has 0 saturated carbocycles. The molecule has 4 heteroatoms. The molecule has 0 radical (unpaired) electrons. The fraction of sp³-hybridized carbons (Fsp3) is 0.250. The summed E-state index contributed by atoms with van der Waals surface area (Å²) in [5.41, 5.74) is 7.02. The maximum Gasteiger partial charge on any atom is 0.137 e. The molecule has 16 heavy (non-hydrogen) atoms. The van der Waals surface area contributed by atoms with Crippen LogP contribution in [-0.4, -0.2) is 4.98 Å². The largest absolute Gasteiger partial charge is 0.383 e. The third-order valence-electron chi connectivity index (χ3n) is 2.23. The molecular weight excluding hydrogens is 236 g/mol. The number of hydrogen-bond donors (Lipinski definition) is 1. The first-order chi connectivity index (χ1) is 7.65. The zero-order valence-electron chi connectivity index (χ0n) is 9.36. The highest BCUT2D eigenvalue weighted by atomic mass is 32.2. The lowest BCUT2D eigenvalue weighted by molar-refractivity contribution is 1.26. The molecule has 0 spiro atoms. The smallest absolute Gasteiger partial charge is 0.137 e. The first-order valence-electron chi connectivity index (χ1n) is 5.06. The van der Waals surface area contributed by atoms with Crippen molar-refractivity contribution in [2.45, 2.75) is 24.5 Å². The molecule has 0 aliphatic heterocycles. The molecule has 1 aromatic heterocycles. The van der Waals surface area contributed by atoms with Crippen molar-refractivity contribution in [1.82, 2.24) is 4.98 Å². The number of hydrogen-bond acceptors (Lipinski definition) is 4. The summed E-state index contributed by atoms with van der Waals surface area (Å²) >= 11 is 3.48. The second-order valence-electron chi connectivity index (χ2n) is 3.65. The van der Waals surface area contributed by atoms with Gasteiger partial charge in [0, 0.05) is 9.77 Å². The van der Waals surface area contributed by atoms with Gasteiger partial charge in [-0.05, 0) is 26.0 Å². The number of benzene rings is 1. The molecule has 0 atom stereocenters. The highest BCUT2D eigenvalue weighted by molar-refractivity contribution is 7.98. The molecule has 0 fully saturated rings. The maximum atomic E-state index is 5.72. The van der Waals surface area contributed by atoms with E-state index in [0.717, 1.165) is 15.6 Å². The van der Waals surface area contributed by atoms with Gasteiger partial charge >= 0.3 is 0 Å². The van der Waals surface area contributed by atoms with Crippen molar-refractivity contribution in [2.75, 3.05) is 5.73 Å². The quantitative estimate of drug-likeness (QED) is 0.845. The van der Waals surface area contributed by atoms with E-state index in [1.165, 1.54) is 10.5 Å². The fourth-order valence-corrected chi connectivity index (χ4v) is 3.24. The van der Waals surface area contributed by atoms with Gasteiger partial charge in [-0.1, -0.05) is 17.7 Å². The highest BCUT2D eigenvalue weighted by Gasteiger charge is 2.04. The van der Waals surface area contributed by atoms with Crippen LogP contribution in [0.4, 0.5) is 5.82 Å². The number of anilines is 1. The highest BCUT2D eigenvalue weighted by Crippen LogP contribution is 2.27. The number of nitrogens with two attached hydrogens (primary N) is 1. The predicted octanol–water partition coefficient (Wildman–Crippen LogP) is 3.63. The fourth-order valence-electron chi connectivity index (χ4n) is 1.38. The van der Waals surface area contributed by atoms with Crippen molar-refractivity contribution in [3.8, 4) is 0 Å². The van der Waals surface area contributed by atoms with Crippen LogP contribution in [0, 0.1) is 13.8 Å². The van der Waals surface area contributed by atoms with E-state index < -0.39 is 0 Å². The molecule has 2 rings (SSSR count). The van der Waals surface area contributed by atoms with E-state index >= 15 is 0 Å². The van der Waals surface area contributed by atoms with Crippen LogP contribution >= 0.6 is 23.1 Å². The van der Waals surface area contributed by atoms with Crippen LogP contribution in [0.3, 0.4) is 0 Å². The Morgan fingerprint density at radius 3 is 2.81 bits per heavy atom. The molecule has 0 amide bonds. The molecule has 1 aromatic carbocycles. The molecule has 2 N–H and O–H groups in total. The molecule has 0 bridgehead atoms. The number of thiazole rings is 1. The molecular formula is C12H14N2S2. The van der Waals surface area contributed by atoms with Gasteiger partial charge in [0.15, 0.2) is 0 Å². The molecule has 0 aliphatic rings. The second kappa shape index (κ2) is 4.89. The SMILES string of the molecule is Cc1cccc(SCc2nc(N)c(C)s2)c1. The molecule has 0 aliphatic carbocycles. The van der Waals surface area contributed by atoms with Gasteiger partial charge in [-0.25, -0.2) is 4.98 Å². The van der Waals surface area contributed by atoms with E-state index in [1.54, 1.807) is 23.1 Å². The van der Waals surface area contributed by atoms with Gasteiger partial charge in [0.1, 0.15) is 10.8 Å². The maximum absolute atomic E-state index is 5.72. The van der Waals surface area contributed by atoms with Crippen LogP contribution in [0.2, 0.25) is 0 Å². The van der Waals surface area contributed by atoms with Crippen molar-refractivity contribution >= 4 is 28.9 Å². The first kappa shape index (κ1) is 11.5. The Labute approximate surface area is 104 Å². The van der Waals surface area contributed by atoms with Crippen LogP contribution in [-0.2, 0) is 5.75 Å². The van der Waals surface area contributed by atoms with E-state index in [9.17, 15) is 0 Å². The average Bonchev–Trinajstić information content (AvgIpc) is 2.56. The van der Waals surface area contributed by atoms with Gasteiger partial charge in [-0.2, -0.15) is 0 Å². The van der Waals surface area contributed by atoms with Crippen LogP contribution < -0.4 is 5.73 Å². The third-order valence-corrected chi connectivity index (χ3v) is 4.40. The molecule has 84 valence electrons. The van der Waals surface area contributed by atoms with Crippen LogP contribution in [0.5, 0.6) is 0 Å². The van der Waals surface area contributed by atoms with Crippen LogP contribution in [0.15, 0.2) is 29.2 Å². The van der Waals surface area contributed by atoms with Crippen molar-refractivity contribution in [1.29, 1.82) is 0 Å². The number of rotatable bonds is 3. The lowest BCUT2D eigenvalue weighted by Gasteiger charge is -2.00. The summed E-state index contributed by atoms with van der Waals surface area (Å²) in [7, 11) is 0. The Kier molecular flexibility index (Phi) is 3.51. The standard InChI is InChI=1S/C12H14N2S2/c1-8-4-3-5-10(6-8)15-7-11-14-12(13)9(2)16-11/h3-6H,7,13H2,1-2H3. The van der Waals surface area contributed by atoms with Crippen molar-refractivity contribution in [3.63, 3.8) is 0 Å². The third kappa shape index (κ3) is 2.77. The van der Waals surface area contributed by atoms with Gasteiger partial charge in [0.25, 0.3) is 0 Å². The minimum absolute atomic E-state index is 0.671. The minimum atomic E-state index is 0.671. The molecule has 2 nitrogen and oxygen atoms in total. The zero-order chi connectivity index (χ0) is 11.5. The molecule has 0 unspecified atom stereocenters. The lowest BCUT2D eigenvalue weighted by Crippen LogP contribution is -1.87. The van der Waals surface area contributed by atoms with Crippen LogP contribution in [0.1, 0.15) is 15.4 Å². The van der Waals surface area contributed by atoms with Crippen LogP contribution in [0.25, 0.3) is 0 Å². The number of nitrogen functional groups attached to an aromatic ring is 1. The molecule has 1 heterocycles. The normalized spacial score (nSPS) is 10.6. The lowest BCUT2D eigenvalue weighted by atomic mass is 10.2. The van der Waals surface area contributed by atoms with E-state index in [4.69, 9.17) is 5.73 Å². The van der Waals surface area contributed by atoms with E-state index in [1.807, 2.05) is 6.92 Å². The van der Waals surface area contributed by atoms with Gasteiger partial charge in [0.05, 0.1) is 5.75 Å². The van der Waals surface area contributed by atoms with E-state index in [2.05, 4.69) is 36.2 Å². The van der Waals surface area contributed by atoms with Crippen molar-refractivity contribution < 1.29 is 0 Å². The monoisotopic (exact) mass is 250 g/mol. The summed E-state index contributed by atoms with van der Waals surface area (Å²) in [6.45, 7) is 4.11. The first-order valence-corrected chi connectivity index (χ1v) is 6.86. The van der Waals surface area contributed by atoms with E-state index in [0.29, 0.717) is 5.82 Å². The number of aromatic nitrogens is 1. The van der Waals surface area contributed by atoms with Gasteiger partial charge < -0.3 is 5.73 Å². The average molecular weight is 250 g/mol. The zero-order valence-corrected chi connectivity index (χ0v) is 11.0. The Morgan fingerprint density at radius 2 is 2.19 bits per heavy atom. The van der Waals surface area contributed by atoms with Crippen molar-refractivity contribution in [3.05, 3.63) is 39.7 Å². The van der Waals surface area contributed by atoms with Gasteiger partial charge in [0.2, 0.25) is 0 Å². The predicted molar refractivity (Wildman–Crippen MR) is 72.0 cm³/mol. The Bertz CT molecular complexity index is 472. The minimum Gasteiger partial charge on any atom is -0.383 e. The summed E-state index contributed by atoms with van der Waals surface area (Å²) < 4.78 is 0. The molecule has 0 saturated heterocycles. The summed E-state index contributed by atoms with van der Waals surface area (Å²) in [4.78, 5) is 6.72. The number of aryl methyl sites for hydroxylation is 2. The second-order valence-corrected chi connectivity index (χ2v) is 5.99. The Balaban J connectivity index is 2.02. The molecule has 2 aromatic rings. The number of nitrogens with zero attached hydrogens (tertiary/aromatic N) is 1. The van der Waals surface area contributed by atoms with Crippen molar-refractivity contribution in [2.24, 2.45) is 0 Å². The van der Waals surface area contributed by atoms with E-state index in [-0.39, 0.29) is 0 Å².